The van der Waals surface area contributed by atoms with Crippen LogP contribution in [0.4, 0.5) is 0 Å². The number of fused-ring (bicyclic) bond motifs is 9. The average molecular weight is 738 g/mol. The lowest BCUT2D eigenvalue weighted by Gasteiger charge is -2.21. The van der Waals surface area contributed by atoms with Crippen LogP contribution in [0.25, 0.3) is 105 Å². The summed E-state index contributed by atoms with van der Waals surface area (Å²) in [7, 11) is 0. The monoisotopic (exact) mass is 737 g/mol. The summed E-state index contributed by atoms with van der Waals surface area (Å²) in [5, 5.41) is 5.59. The number of hydrogen-bond acceptors (Lipinski definition) is 0. The highest BCUT2D eigenvalue weighted by atomic mass is 15.1. The van der Waals surface area contributed by atoms with Crippen molar-refractivity contribution in [3.8, 4) is 39.3 Å². The minimum Gasteiger partial charge on any atom is -0.309 e. The van der Waals surface area contributed by atoms with Crippen molar-refractivity contribution in [2.45, 2.75) is 0 Å². The van der Waals surface area contributed by atoms with E-state index in [1.54, 1.807) is 4.57 Å². The van der Waals surface area contributed by atoms with Gasteiger partial charge < -0.3 is 13.7 Å². The summed E-state index contributed by atoms with van der Waals surface area (Å²) in [6.45, 7) is 0. The van der Waals surface area contributed by atoms with Crippen LogP contribution in [0.3, 0.4) is 0 Å². The third-order valence-electron chi connectivity index (χ3n) is 11.0. The summed E-state index contributed by atoms with van der Waals surface area (Å²) in [6, 6.07) is 38.2. The molecule has 3 heterocycles. The van der Waals surface area contributed by atoms with Crippen LogP contribution in [0.15, 0.2) is 212 Å². The smallest absolute Gasteiger partial charge is 0.0782 e. The Morgan fingerprint density at radius 1 is 0.333 bits per heavy atom. The Morgan fingerprint density at radius 3 is 1.51 bits per heavy atom. The lowest BCUT2D eigenvalue weighted by molar-refractivity contribution is 1.13. The van der Waals surface area contributed by atoms with Crippen molar-refractivity contribution in [2.75, 3.05) is 0 Å². The lowest BCUT2D eigenvalue weighted by atomic mass is 9.95. The molecule has 3 nitrogen and oxygen atoms in total. The number of hydrogen-bond donors (Lipinski definition) is 0. The van der Waals surface area contributed by atoms with E-state index in [4.69, 9.17) is 6.85 Å². The van der Waals surface area contributed by atoms with Gasteiger partial charge in [0.15, 0.2) is 0 Å². The molecular weight excluding hydrogens is 691 g/mol. The summed E-state index contributed by atoms with van der Waals surface area (Å²) in [6.07, 6.45) is 0. The van der Waals surface area contributed by atoms with Crippen molar-refractivity contribution in [3.05, 3.63) is 212 Å². The van der Waals surface area contributed by atoms with Gasteiger partial charge in [-0.15, -0.1) is 0 Å². The van der Waals surface area contributed by atoms with Crippen LogP contribution in [-0.2, 0) is 0 Å². The second-order valence-electron chi connectivity index (χ2n) is 14.0. The Hall–Kier alpha value is -7.62. The minimum atomic E-state index is -0.682. The summed E-state index contributed by atoms with van der Waals surface area (Å²) in [4.78, 5) is 0. The van der Waals surface area contributed by atoms with Gasteiger partial charge in [0.05, 0.1) is 60.9 Å². The van der Waals surface area contributed by atoms with Gasteiger partial charge in [-0.1, -0.05) is 164 Å². The minimum absolute atomic E-state index is 0.0910. The Morgan fingerprint density at radius 2 is 0.842 bits per heavy atom. The van der Waals surface area contributed by atoms with Crippen molar-refractivity contribution >= 4 is 65.4 Å². The number of rotatable bonds is 5. The highest BCUT2D eigenvalue weighted by molar-refractivity contribution is 6.16. The molecule has 57 heavy (non-hydrogen) atoms. The largest absolute Gasteiger partial charge is 0.309 e. The van der Waals surface area contributed by atoms with Gasteiger partial charge in [-0.25, -0.2) is 0 Å². The van der Waals surface area contributed by atoms with E-state index < -0.39 is 78.1 Å². The SMILES string of the molecule is [2H]c1cc([2H])c(-c2c([2H])c([2H])c([2H])c(-c3c([2H])c([2H])c([2H])c([2H])c3[2H])c2-n2c3ccccc3c3cccc(-n4c5ccccc5c5cc(-n6c7ccccc7c7ccccc76)ccc54)c32)c([2H])c1[2H]. The molecule has 0 saturated heterocycles. The van der Waals surface area contributed by atoms with Gasteiger partial charge in [0.25, 0.3) is 0 Å². The first kappa shape index (κ1) is 22.1. The van der Waals surface area contributed by atoms with Crippen LogP contribution in [0.5, 0.6) is 0 Å². The molecule has 266 valence electrons. The van der Waals surface area contributed by atoms with E-state index in [-0.39, 0.29) is 22.4 Å². The zero-order chi connectivity index (χ0) is 47.9. The lowest BCUT2D eigenvalue weighted by Crippen LogP contribution is -2.04. The van der Waals surface area contributed by atoms with E-state index in [9.17, 15) is 9.60 Å². The number of para-hydroxylation sites is 6. The Kier molecular flexibility index (Phi) is 4.82. The van der Waals surface area contributed by atoms with Crippen molar-refractivity contribution in [1.82, 2.24) is 13.7 Å². The highest BCUT2D eigenvalue weighted by Gasteiger charge is 2.24. The van der Waals surface area contributed by atoms with Crippen LogP contribution in [-0.4, -0.2) is 13.7 Å². The fourth-order valence-electron chi connectivity index (χ4n) is 8.75. The Bertz CT molecular complexity index is 4160. The first-order valence-corrected chi connectivity index (χ1v) is 18.6. The van der Waals surface area contributed by atoms with Gasteiger partial charge in [0, 0.05) is 49.1 Å². The molecule has 0 N–H and O–H groups in total. The molecule has 0 saturated carbocycles. The first-order valence-electron chi connectivity index (χ1n) is 24.6. The quantitative estimate of drug-likeness (QED) is 0.167. The molecule has 0 spiro atoms. The zero-order valence-electron chi connectivity index (χ0n) is 42.1. The number of benzene rings is 9. The van der Waals surface area contributed by atoms with E-state index in [0.29, 0.717) is 22.1 Å². The van der Waals surface area contributed by atoms with Gasteiger partial charge in [-0.3, -0.25) is 0 Å². The third kappa shape index (κ3) is 4.66. The molecule has 0 unspecified atom stereocenters. The van der Waals surface area contributed by atoms with Crippen LogP contribution in [0.1, 0.15) is 16.4 Å². The maximum atomic E-state index is 9.63. The van der Waals surface area contributed by atoms with E-state index in [2.05, 4.69) is 57.7 Å². The molecule has 12 rings (SSSR count). The van der Waals surface area contributed by atoms with Gasteiger partial charge in [0.2, 0.25) is 0 Å². The standard InChI is InChI=1S/C54H35N3/c1-3-17-36(18-4-1)39-25-15-26-40(37-19-5-2-6-20-37)53(39)57-50-31-14-9-23-43(50)45-27-16-32-52(54(45)57)56-49-30-13-10-24-44(49)46-35-38(33-34-51(46)56)55-47-28-11-7-21-41(47)42-22-8-12-29-48(42)55/h1-35H/i1D,2D,3D,4D,5D,15D,17D,18D,19D,20D,25D,26D. The molecule has 12 aromatic rings. The maximum Gasteiger partial charge on any atom is 0.0782 e. The van der Waals surface area contributed by atoms with Gasteiger partial charge in [0.1, 0.15) is 0 Å². The molecule has 3 heteroatoms. The van der Waals surface area contributed by atoms with Gasteiger partial charge >= 0.3 is 0 Å². The molecule has 0 radical (unpaired) electrons. The Labute approximate surface area is 346 Å². The summed E-state index contributed by atoms with van der Waals surface area (Å²) < 4.78 is 115. The molecule has 0 aliphatic rings. The van der Waals surface area contributed by atoms with E-state index in [1.807, 2.05) is 84.9 Å². The van der Waals surface area contributed by atoms with Crippen LogP contribution in [0, 0.1) is 0 Å². The zero-order valence-corrected chi connectivity index (χ0v) is 30.1. The Balaban J connectivity index is 1.27. The fourth-order valence-corrected chi connectivity index (χ4v) is 8.75. The molecule has 0 atom stereocenters. The van der Waals surface area contributed by atoms with E-state index in [1.165, 1.54) is 0 Å². The van der Waals surface area contributed by atoms with Crippen LogP contribution in [0.2, 0.25) is 0 Å². The molecule has 9 aromatic carbocycles. The van der Waals surface area contributed by atoms with Crippen LogP contribution >= 0.6 is 0 Å². The predicted octanol–water partition coefficient (Wildman–Crippen LogP) is 14.3. The normalized spacial score (nSPS) is 14.8. The molecule has 3 aromatic heterocycles. The molecular formula is C54H35N3. The van der Waals surface area contributed by atoms with Crippen molar-refractivity contribution in [3.63, 3.8) is 0 Å². The van der Waals surface area contributed by atoms with Gasteiger partial charge in [-0.05, 0) is 59.7 Å². The van der Waals surface area contributed by atoms with E-state index >= 15 is 0 Å². The van der Waals surface area contributed by atoms with Crippen molar-refractivity contribution in [1.29, 1.82) is 0 Å². The molecule has 0 aliphatic carbocycles. The summed E-state index contributed by atoms with van der Waals surface area (Å²) in [5.41, 5.74) is 5.11. The highest BCUT2D eigenvalue weighted by Crippen LogP contribution is 2.45. The molecule has 0 amide bonds. The maximum absolute atomic E-state index is 9.63. The summed E-state index contributed by atoms with van der Waals surface area (Å²) in [5.74, 6) is 0. The summed E-state index contributed by atoms with van der Waals surface area (Å²) >= 11 is 0. The van der Waals surface area contributed by atoms with Crippen molar-refractivity contribution in [2.24, 2.45) is 0 Å². The second kappa shape index (κ2) is 12.5. The van der Waals surface area contributed by atoms with E-state index in [0.717, 1.165) is 60.8 Å². The fraction of sp³-hybridized carbons (Fsp3) is 0. The third-order valence-corrected chi connectivity index (χ3v) is 11.0. The number of aromatic nitrogens is 3. The number of nitrogens with zero attached hydrogens (tertiary/aromatic N) is 3. The molecule has 0 fully saturated rings. The topological polar surface area (TPSA) is 14.8 Å². The van der Waals surface area contributed by atoms with Gasteiger partial charge in [-0.2, -0.15) is 0 Å². The van der Waals surface area contributed by atoms with Crippen LogP contribution < -0.4 is 0 Å². The second-order valence-corrected chi connectivity index (χ2v) is 14.0. The molecule has 0 aliphatic heterocycles. The first-order chi connectivity index (χ1) is 33.3. The van der Waals surface area contributed by atoms with Crippen molar-refractivity contribution < 1.29 is 16.4 Å². The predicted molar refractivity (Wildman–Crippen MR) is 240 cm³/mol. The molecule has 0 bridgehead atoms. The average Bonchev–Trinajstić information content (AvgIpc) is 4.00.